The Morgan fingerprint density at radius 3 is 0.480 bits per heavy atom. The number of rotatable bonds is 28. The molecule has 8 nitrogen and oxygen atoms in total. The van der Waals surface area contributed by atoms with Gasteiger partial charge in [-0.2, -0.15) is 0 Å². The summed E-state index contributed by atoms with van der Waals surface area (Å²) in [7, 11) is -1.86. The standard InChI is InChI=1S/C44H44O8S3.C36H24F4S3/c45-25-29-49-33-1-13-39(14-2-33)54(40-15-3-34(4-16-40)50-30-26-46)43-21-9-37(10-22-43)53-38-11-23-44(24-12-38)55(41-17-5-35(6-18-41)51-31-27-47)42-19-7-36(8-20-42)52-32-28-48;37-25-1-13-31(14-2-25)42(32-15-3-26(38)4-16-32)35-21-9-29(10-22-35)41-30-11-23-36(24-12-30)43(33-17-5-27(39)6-18-33)34-19-7-28(40)8-20-34/h1-24,45-48H,25-32H2;1-24H/q2*+2. The third-order valence-electron chi connectivity index (χ3n) is 14.6. The van der Waals surface area contributed by atoms with Crippen LogP contribution >= 0.6 is 23.5 Å². The largest absolute Gasteiger partial charge is 0.491 e. The van der Waals surface area contributed by atoms with Gasteiger partial charge in [-0.15, -0.1) is 0 Å². The van der Waals surface area contributed by atoms with Crippen LogP contribution in [-0.2, 0) is 43.6 Å². The first-order valence-corrected chi connectivity index (χ1v) is 37.6. The van der Waals surface area contributed by atoms with Crippen LogP contribution in [-0.4, -0.2) is 73.3 Å². The van der Waals surface area contributed by atoms with Crippen molar-refractivity contribution in [2.24, 2.45) is 0 Å². The molecule has 0 fully saturated rings. The lowest BCUT2D eigenvalue weighted by atomic mass is 10.3. The lowest BCUT2D eigenvalue weighted by Crippen LogP contribution is -2.06. The molecule has 12 aromatic rings. The van der Waals surface area contributed by atoms with E-state index in [1.165, 1.54) is 48.5 Å². The van der Waals surface area contributed by atoms with E-state index < -0.39 is 43.6 Å². The fraction of sp³-hybridized carbons (Fsp3) is 0.100. The average molecular weight is 1430 g/mol. The number of halogens is 4. The van der Waals surface area contributed by atoms with Crippen LogP contribution in [0.15, 0.2) is 370 Å². The molecule has 0 aliphatic heterocycles. The van der Waals surface area contributed by atoms with E-state index in [1.807, 2.05) is 48.5 Å². The van der Waals surface area contributed by atoms with Crippen LogP contribution in [0.4, 0.5) is 17.6 Å². The second kappa shape index (κ2) is 35.8. The van der Waals surface area contributed by atoms with Crippen molar-refractivity contribution in [3.8, 4) is 23.0 Å². The molecule has 0 aromatic heterocycles. The fourth-order valence-electron chi connectivity index (χ4n) is 10.1. The van der Waals surface area contributed by atoms with Crippen LogP contribution in [0.25, 0.3) is 0 Å². The molecular formula is C80H68F4O8S6+4. The lowest BCUT2D eigenvalue weighted by Gasteiger charge is -2.12. The Labute approximate surface area is 588 Å². The SMILES string of the molecule is Fc1ccc([S+](c2ccc(F)cc2)c2ccc(Sc3ccc([S+](c4ccc(F)cc4)c4ccc(F)cc4)cc3)cc2)cc1.OCCOc1ccc([S+](c2ccc(OCCO)cc2)c2ccc(Sc3ccc([S+](c4ccc(OCCO)cc4)c4ccc(OCCO)cc4)cc3)cc2)cc1. The number of hydrogen-bond acceptors (Lipinski definition) is 10. The van der Waals surface area contributed by atoms with Crippen molar-refractivity contribution >= 4 is 67.1 Å². The van der Waals surface area contributed by atoms with E-state index in [1.54, 1.807) is 72.1 Å². The zero-order chi connectivity index (χ0) is 68.0. The minimum atomic E-state index is -0.523. The van der Waals surface area contributed by atoms with Crippen LogP contribution in [0.2, 0.25) is 0 Å². The number of ether oxygens (including phenoxy) is 4. The highest BCUT2D eigenvalue weighted by Gasteiger charge is 2.33. The monoisotopic (exact) mass is 1420 g/mol. The Bertz CT molecular complexity index is 3900. The smallest absolute Gasteiger partial charge is 0.166 e. The van der Waals surface area contributed by atoms with Gasteiger partial charge >= 0.3 is 0 Å². The first-order chi connectivity index (χ1) is 48.0. The highest BCUT2D eigenvalue weighted by atomic mass is 32.2. The van der Waals surface area contributed by atoms with Gasteiger partial charge < -0.3 is 39.4 Å². The average Bonchev–Trinajstić information content (AvgIpc) is 0.852. The van der Waals surface area contributed by atoms with Crippen LogP contribution in [0, 0.1) is 23.3 Å². The second-order valence-corrected chi connectivity index (χ2v) is 31.7. The van der Waals surface area contributed by atoms with Gasteiger partial charge in [-0.1, -0.05) is 23.5 Å². The van der Waals surface area contributed by atoms with E-state index in [0.717, 1.165) is 78.3 Å². The maximum atomic E-state index is 13.7. The lowest BCUT2D eigenvalue weighted by molar-refractivity contribution is 0.201. The summed E-state index contributed by atoms with van der Waals surface area (Å²) >= 11 is 3.34. The van der Waals surface area contributed by atoms with Gasteiger partial charge in [0.05, 0.1) is 70.0 Å². The van der Waals surface area contributed by atoms with E-state index in [0.29, 0.717) is 23.0 Å². The summed E-state index contributed by atoms with van der Waals surface area (Å²) in [6, 6.07) is 91.8. The molecule has 0 unspecified atom stereocenters. The summed E-state index contributed by atoms with van der Waals surface area (Å²) in [6.07, 6.45) is 0. The molecule has 0 saturated carbocycles. The first kappa shape index (κ1) is 70.8. The predicted molar refractivity (Wildman–Crippen MR) is 384 cm³/mol. The van der Waals surface area contributed by atoms with Gasteiger partial charge in [0.25, 0.3) is 0 Å². The molecule has 12 aromatic carbocycles. The molecule has 496 valence electrons. The maximum Gasteiger partial charge on any atom is 0.166 e. The van der Waals surface area contributed by atoms with Crippen molar-refractivity contribution in [1.29, 1.82) is 0 Å². The molecule has 0 amide bonds. The van der Waals surface area contributed by atoms with E-state index in [9.17, 15) is 17.6 Å². The predicted octanol–water partition coefficient (Wildman–Crippen LogP) is 18.1. The van der Waals surface area contributed by atoms with Crippen molar-refractivity contribution in [1.82, 2.24) is 0 Å². The summed E-state index contributed by atoms with van der Waals surface area (Å²) in [4.78, 5) is 17.1. The van der Waals surface area contributed by atoms with Crippen LogP contribution in [0.1, 0.15) is 0 Å². The first-order valence-electron chi connectivity index (χ1n) is 31.1. The summed E-state index contributed by atoms with van der Waals surface area (Å²) in [5.74, 6) is 1.64. The molecule has 0 atom stereocenters. The van der Waals surface area contributed by atoms with Gasteiger partial charge in [-0.05, 0) is 291 Å². The minimum Gasteiger partial charge on any atom is -0.491 e. The van der Waals surface area contributed by atoms with Gasteiger partial charge in [-0.25, -0.2) is 17.6 Å². The molecule has 0 aliphatic carbocycles. The quantitative estimate of drug-likeness (QED) is 0.0279. The van der Waals surface area contributed by atoms with Crippen LogP contribution < -0.4 is 18.9 Å². The van der Waals surface area contributed by atoms with Gasteiger partial charge in [0.15, 0.2) is 58.7 Å². The molecule has 12 rings (SSSR count). The van der Waals surface area contributed by atoms with Crippen molar-refractivity contribution in [2.75, 3.05) is 52.9 Å². The molecule has 4 N–H and O–H groups in total. The molecule has 0 aliphatic rings. The Kier molecular flexibility index (Phi) is 25.9. The van der Waals surface area contributed by atoms with Crippen LogP contribution in [0.3, 0.4) is 0 Å². The Morgan fingerprint density at radius 1 is 0.204 bits per heavy atom. The summed E-state index contributed by atoms with van der Waals surface area (Å²) in [6.45, 7) is 0.825. The number of aliphatic hydroxyl groups is 4. The van der Waals surface area contributed by atoms with Crippen molar-refractivity contribution in [2.45, 2.75) is 78.3 Å². The Morgan fingerprint density at radius 2 is 0.337 bits per heavy atom. The highest BCUT2D eigenvalue weighted by Crippen LogP contribution is 2.40. The molecule has 98 heavy (non-hydrogen) atoms. The zero-order valence-electron chi connectivity index (χ0n) is 52.8. The van der Waals surface area contributed by atoms with Crippen molar-refractivity contribution in [3.05, 3.63) is 314 Å². The third kappa shape index (κ3) is 19.4. The number of aliphatic hydroxyl groups excluding tert-OH is 4. The minimum absolute atomic E-state index is 0.0398. The normalized spacial score (nSPS) is 11.2. The van der Waals surface area contributed by atoms with Gasteiger partial charge in [0.2, 0.25) is 0 Å². The summed E-state index contributed by atoms with van der Waals surface area (Å²) in [5.41, 5.74) is 0. The second-order valence-electron chi connectivity index (χ2n) is 21.3. The Hall–Kier alpha value is -8.50. The number of hydrogen-bond donors (Lipinski definition) is 4. The molecule has 0 radical (unpaired) electrons. The van der Waals surface area contributed by atoms with Gasteiger partial charge in [0, 0.05) is 19.6 Å². The van der Waals surface area contributed by atoms with Gasteiger partial charge in [0.1, 0.15) is 72.7 Å². The third-order valence-corrected chi connectivity index (χ3v) is 25.5. The van der Waals surface area contributed by atoms with Crippen molar-refractivity contribution < 1.29 is 56.9 Å². The van der Waals surface area contributed by atoms with E-state index in [2.05, 4.69) is 146 Å². The zero-order valence-corrected chi connectivity index (χ0v) is 57.7. The maximum absolute atomic E-state index is 13.7. The molecule has 18 heteroatoms. The number of benzene rings is 12. The van der Waals surface area contributed by atoms with Crippen molar-refractivity contribution in [3.63, 3.8) is 0 Å². The molecule has 0 heterocycles. The molecule has 0 spiro atoms. The summed E-state index contributed by atoms with van der Waals surface area (Å²) < 4.78 is 77.1. The van der Waals surface area contributed by atoms with E-state index >= 15 is 0 Å². The topological polar surface area (TPSA) is 118 Å². The van der Waals surface area contributed by atoms with E-state index in [4.69, 9.17) is 39.4 Å². The summed E-state index contributed by atoms with van der Waals surface area (Å²) in [5, 5.41) is 36.7. The molecule has 0 saturated heterocycles. The molecular weight excluding hydrogens is 1360 g/mol. The molecule has 0 bridgehead atoms. The fourth-order valence-corrected chi connectivity index (χ4v) is 19.9. The Balaban J connectivity index is 0.000000204. The highest BCUT2D eigenvalue weighted by molar-refractivity contribution is 8.00. The van der Waals surface area contributed by atoms with Gasteiger partial charge in [-0.3, -0.25) is 0 Å². The van der Waals surface area contributed by atoms with Crippen LogP contribution in [0.5, 0.6) is 23.0 Å². The van der Waals surface area contributed by atoms with E-state index in [-0.39, 0.29) is 76.1 Å².